The van der Waals surface area contributed by atoms with E-state index in [-0.39, 0.29) is 6.29 Å². The van der Waals surface area contributed by atoms with E-state index in [0.29, 0.717) is 0 Å². The van der Waals surface area contributed by atoms with Crippen LogP contribution in [0.15, 0.2) is 0 Å². The van der Waals surface area contributed by atoms with E-state index in [1.54, 1.807) is 14.2 Å². The molecule has 0 heterocycles. The molecule has 0 aromatic heterocycles. The molecule has 0 unspecified atom stereocenters. The summed E-state index contributed by atoms with van der Waals surface area (Å²) in [6.45, 7) is 0. The fraction of sp³-hybridized carbons (Fsp3) is 1.00. The Hall–Kier alpha value is -0.0800. The van der Waals surface area contributed by atoms with Crippen LogP contribution >= 0.6 is 0 Å². The third-order valence-electron chi connectivity index (χ3n) is 3.30. The van der Waals surface area contributed by atoms with Gasteiger partial charge in [0.15, 0.2) is 6.29 Å². The molecule has 1 aliphatic rings. The molecule has 1 rings (SSSR count). The molecule has 0 spiro atoms. The van der Waals surface area contributed by atoms with Gasteiger partial charge in [0.1, 0.15) is 0 Å². The van der Waals surface area contributed by atoms with Crippen LogP contribution in [0.5, 0.6) is 0 Å². The van der Waals surface area contributed by atoms with Gasteiger partial charge in [0.05, 0.1) is 0 Å². The molecule has 0 aromatic rings. The molecule has 0 bridgehead atoms. The molecule has 84 valence electrons. The molecule has 14 heavy (non-hydrogen) atoms. The summed E-state index contributed by atoms with van der Waals surface area (Å²) in [6, 6.07) is 0. The molecule has 0 N–H and O–H groups in total. The zero-order chi connectivity index (χ0) is 10.2. The Morgan fingerprint density at radius 3 is 2.29 bits per heavy atom. The molecule has 0 amide bonds. The van der Waals surface area contributed by atoms with Crippen molar-refractivity contribution in [1.82, 2.24) is 0 Å². The fourth-order valence-electron chi connectivity index (χ4n) is 2.38. The topological polar surface area (TPSA) is 18.5 Å². The van der Waals surface area contributed by atoms with Crippen molar-refractivity contribution in [2.24, 2.45) is 5.92 Å². The van der Waals surface area contributed by atoms with E-state index in [2.05, 4.69) is 0 Å². The Bertz CT molecular complexity index is 126. The van der Waals surface area contributed by atoms with Crippen LogP contribution in [0.2, 0.25) is 0 Å². The SMILES string of the molecule is COC(CCCC1CCCCC1)OC. The average molecular weight is 200 g/mol. The Morgan fingerprint density at radius 2 is 1.71 bits per heavy atom. The summed E-state index contributed by atoms with van der Waals surface area (Å²) in [4.78, 5) is 0. The molecule has 2 nitrogen and oxygen atoms in total. The van der Waals surface area contributed by atoms with Crippen molar-refractivity contribution >= 4 is 0 Å². The van der Waals surface area contributed by atoms with Gasteiger partial charge in [-0.25, -0.2) is 0 Å². The lowest BCUT2D eigenvalue weighted by molar-refractivity contribution is -0.107. The molecule has 1 fully saturated rings. The molecule has 0 radical (unpaired) electrons. The van der Waals surface area contributed by atoms with Gasteiger partial charge in [-0.3, -0.25) is 0 Å². The standard InChI is InChI=1S/C12H24O2/c1-13-12(14-2)10-6-9-11-7-4-3-5-8-11/h11-12H,3-10H2,1-2H3. The van der Waals surface area contributed by atoms with Gasteiger partial charge in [-0.05, 0) is 18.8 Å². The van der Waals surface area contributed by atoms with Crippen molar-refractivity contribution in [2.75, 3.05) is 14.2 Å². The fourth-order valence-corrected chi connectivity index (χ4v) is 2.38. The monoisotopic (exact) mass is 200 g/mol. The first-order chi connectivity index (χ1) is 6.86. The van der Waals surface area contributed by atoms with Crippen molar-refractivity contribution in [3.8, 4) is 0 Å². The van der Waals surface area contributed by atoms with Gasteiger partial charge in [0.25, 0.3) is 0 Å². The normalized spacial score (nSPS) is 19.1. The van der Waals surface area contributed by atoms with Crippen LogP contribution in [0.25, 0.3) is 0 Å². The van der Waals surface area contributed by atoms with E-state index in [0.717, 1.165) is 12.3 Å². The van der Waals surface area contributed by atoms with Crippen molar-refractivity contribution in [1.29, 1.82) is 0 Å². The highest BCUT2D eigenvalue weighted by Crippen LogP contribution is 2.27. The molecule has 0 saturated heterocycles. The zero-order valence-electron chi connectivity index (χ0n) is 9.63. The number of hydrogen-bond acceptors (Lipinski definition) is 2. The van der Waals surface area contributed by atoms with Gasteiger partial charge in [0, 0.05) is 14.2 Å². The number of methoxy groups -OCH3 is 2. The highest BCUT2D eigenvalue weighted by Gasteiger charge is 2.13. The van der Waals surface area contributed by atoms with E-state index in [1.807, 2.05) is 0 Å². The maximum absolute atomic E-state index is 5.17. The first kappa shape index (κ1) is 12.0. The van der Waals surface area contributed by atoms with E-state index in [4.69, 9.17) is 9.47 Å². The Labute approximate surface area is 88.0 Å². The van der Waals surface area contributed by atoms with Crippen LogP contribution in [0, 0.1) is 5.92 Å². The maximum Gasteiger partial charge on any atom is 0.156 e. The molecule has 0 atom stereocenters. The summed E-state index contributed by atoms with van der Waals surface area (Å²) in [5, 5.41) is 0. The van der Waals surface area contributed by atoms with Crippen molar-refractivity contribution in [3.63, 3.8) is 0 Å². The van der Waals surface area contributed by atoms with Crippen LogP contribution in [0.3, 0.4) is 0 Å². The number of ether oxygens (including phenoxy) is 2. The van der Waals surface area contributed by atoms with Crippen molar-refractivity contribution in [2.45, 2.75) is 57.7 Å². The largest absolute Gasteiger partial charge is 0.356 e. The molecular weight excluding hydrogens is 176 g/mol. The molecule has 0 aliphatic heterocycles. The second kappa shape index (κ2) is 7.24. The molecule has 1 aliphatic carbocycles. The summed E-state index contributed by atoms with van der Waals surface area (Å²) in [7, 11) is 3.43. The number of hydrogen-bond donors (Lipinski definition) is 0. The summed E-state index contributed by atoms with van der Waals surface area (Å²) in [5.74, 6) is 0.984. The average Bonchev–Trinajstić information content (AvgIpc) is 2.26. The lowest BCUT2D eigenvalue weighted by Gasteiger charge is -2.22. The van der Waals surface area contributed by atoms with E-state index >= 15 is 0 Å². The lowest BCUT2D eigenvalue weighted by atomic mass is 9.86. The van der Waals surface area contributed by atoms with Gasteiger partial charge < -0.3 is 9.47 Å². The predicted molar refractivity (Wildman–Crippen MR) is 58.2 cm³/mol. The smallest absolute Gasteiger partial charge is 0.156 e. The minimum atomic E-state index is 0.0126. The third-order valence-corrected chi connectivity index (χ3v) is 3.30. The highest BCUT2D eigenvalue weighted by molar-refractivity contribution is 4.65. The first-order valence-electron chi connectivity index (χ1n) is 5.92. The maximum atomic E-state index is 5.17. The molecule has 0 aromatic carbocycles. The minimum absolute atomic E-state index is 0.0126. The second-order valence-corrected chi connectivity index (χ2v) is 4.34. The van der Waals surface area contributed by atoms with Crippen LogP contribution in [0.4, 0.5) is 0 Å². The lowest BCUT2D eigenvalue weighted by Crippen LogP contribution is -2.14. The molecular formula is C12H24O2. The summed E-state index contributed by atoms with van der Waals surface area (Å²) < 4.78 is 10.3. The van der Waals surface area contributed by atoms with E-state index in [1.165, 1.54) is 44.9 Å². The Kier molecular flexibility index (Phi) is 6.20. The predicted octanol–water partition coefficient (Wildman–Crippen LogP) is 3.36. The molecule has 1 saturated carbocycles. The van der Waals surface area contributed by atoms with Crippen molar-refractivity contribution in [3.05, 3.63) is 0 Å². The minimum Gasteiger partial charge on any atom is -0.356 e. The Morgan fingerprint density at radius 1 is 1.07 bits per heavy atom. The van der Waals surface area contributed by atoms with Crippen LogP contribution < -0.4 is 0 Å². The first-order valence-corrected chi connectivity index (χ1v) is 5.92. The van der Waals surface area contributed by atoms with Gasteiger partial charge >= 0.3 is 0 Å². The summed E-state index contributed by atoms with van der Waals surface area (Å²) in [6.07, 6.45) is 10.9. The highest BCUT2D eigenvalue weighted by atomic mass is 16.7. The van der Waals surface area contributed by atoms with E-state index < -0.39 is 0 Å². The third kappa shape index (κ3) is 4.43. The van der Waals surface area contributed by atoms with Crippen LogP contribution in [0.1, 0.15) is 51.4 Å². The van der Waals surface area contributed by atoms with Gasteiger partial charge in [-0.15, -0.1) is 0 Å². The summed E-state index contributed by atoms with van der Waals surface area (Å²) >= 11 is 0. The number of rotatable bonds is 6. The quantitative estimate of drug-likeness (QED) is 0.612. The van der Waals surface area contributed by atoms with Gasteiger partial charge in [-0.2, -0.15) is 0 Å². The van der Waals surface area contributed by atoms with Crippen LogP contribution in [-0.4, -0.2) is 20.5 Å². The molecule has 2 heteroatoms. The van der Waals surface area contributed by atoms with Crippen LogP contribution in [-0.2, 0) is 9.47 Å². The second-order valence-electron chi connectivity index (χ2n) is 4.34. The Balaban J connectivity index is 2.01. The van der Waals surface area contributed by atoms with Crippen molar-refractivity contribution < 1.29 is 9.47 Å². The van der Waals surface area contributed by atoms with Gasteiger partial charge in [0.2, 0.25) is 0 Å². The zero-order valence-corrected chi connectivity index (χ0v) is 9.63. The summed E-state index contributed by atoms with van der Waals surface area (Å²) in [5.41, 5.74) is 0. The van der Waals surface area contributed by atoms with Gasteiger partial charge in [-0.1, -0.05) is 38.5 Å². The van der Waals surface area contributed by atoms with E-state index in [9.17, 15) is 0 Å².